The highest BCUT2D eigenvalue weighted by molar-refractivity contribution is 6.99. The number of hydrogen-bond acceptors (Lipinski definition) is 7. The van der Waals surface area contributed by atoms with Gasteiger partial charge in [-0.1, -0.05) is 149 Å². The number of hydrogen-bond donors (Lipinski definition) is 0. The lowest BCUT2D eigenvalue weighted by molar-refractivity contribution is -0.159. The quantitative estimate of drug-likeness (QED) is 0.0537. The lowest BCUT2D eigenvalue weighted by Crippen LogP contribution is -2.67. The SMILES string of the molecule is CCOC(=O)[C@@H](C)[C@H](C[C@@H](/C=C\[C@H](C)[C@H](O[Si](C)(C)C(C)(C)C)[C@@H](C)CO[Si](c1ccccc1)(c1ccccc1)C(C)(C)C)O[Si](C)(C)C(C)(C)C)OCOC. The number of carbonyl (C=O) groups is 1. The first-order chi connectivity index (χ1) is 25.8. The second-order valence-corrected chi connectivity index (χ2v) is 33.7. The van der Waals surface area contributed by atoms with Crippen molar-refractivity contribution in [3.05, 3.63) is 72.8 Å². The zero-order valence-electron chi connectivity index (χ0n) is 38.6. The third-order valence-corrected chi connectivity index (χ3v) is 26.2. The number of methoxy groups -OCH3 is 1. The van der Waals surface area contributed by atoms with E-state index in [1.54, 1.807) is 7.11 Å². The highest BCUT2D eigenvalue weighted by Crippen LogP contribution is 2.42. The van der Waals surface area contributed by atoms with E-state index in [0.29, 0.717) is 19.6 Å². The summed E-state index contributed by atoms with van der Waals surface area (Å²) in [6, 6.07) is 21.7. The van der Waals surface area contributed by atoms with Crippen LogP contribution in [0.2, 0.25) is 41.3 Å². The Morgan fingerprint density at radius 2 is 1.20 bits per heavy atom. The standard InChI is InChI=1S/C46H80O7Si3/c1-19-49-43(47)37(4)41(50-34-48-14)32-38(52-54(15,16)44(5,6)7)31-30-35(2)42(53-55(17,18)45(8,9)10)36(3)33-51-56(46(11,12)13,39-26-22-20-23-27-39)40-28-24-21-25-29-40/h20-31,35-38,41-42H,19,32-34H2,1-18H3/b31-30-/t35-,36-,37-,38+,41-,42-/m0/s1. The van der Waals surface area contributed by atoms with E-state index >= 15 is 0 Å². The van der Waals surface area contributed by atoms with E-state index in [-0.39, 0.29) is 51.9 Å². The topological polar surface area (TPSA) is 72.5 Å². The van der Waals surface area contributed by atoms with Gasteiger partial charge >= 0.3 is 5.97 Å². The molecule has 0 aromatic heterocycles. The van der Waals surface area contributed by atoms with Crippen molar-refractivity contribution >= 4 is 41.3 Å². The fourth-order valence-electron chi connectivity index (χ4n) is 6.73. The van der Waals surface area contributed by atoms with Crippen LogP contribution in [0.4, 0.5) is 0 Å². The van der Waals surface area contributed by atoms with E-state index in [4.69, 9.17) is 27.5 Å². The van der Waals surface area contributed by atoms with Crippen LogP contribution in [0.5, 0.6) is 0 Å². The molecule has 56 heavy (non-hydrogen) atoms. The summed E-state index contributed by atoms with van der Waals surface area (Å²) in [6.45, 7) is 39.0. The zero-order valence-corrected chi connectivity index (χ0v) is 41.6. The van der Waals surface area contributed by atoms with E-state index in [1.807, 2.05) is 13.8 Å². The molecule has 318 valence electrons. The summed E-state index contributed by atoms with van der Waals surface area (Å²) in [7, 11) is -5.62. The van der Waals surface area contributed by atoms with Crippen molar-refractivity contribution in [1.29, 1.82) is 0 Å². The van der Waals surface area contributed by atoms with Gasteiger partial charge in [0.1, 0.15) is 6.79 Å². The Bertz CT molecular complexity index is 1440. The van der Waals surface area contributed by atoms with Crippen LogP contribution in [-0.2, 0) is 32.3 Å². The Kier molecular flexibility index (Phi) is 18.7. The predicted molar refractivity (Wildman–Crippen MR) is 242 cm³/mol. The van der Waals surface area contributed by atoms with E-state index in [2.05, 4.69) is 175 Å². The van der Waals surface area contributed by atoms with Gasteiger partial charge in [-0.25, -0.2) is 0 Å². The first kappa shape index (κ1) is 50.2. The number of esters is 1. The van der Waals surface area contributed by atoms with Gasteiger partial charge in [-0.05, 0) is 71.4 Å². The molecule has 0 aliphatic rings. The molecule has 0 aliphatic carbocycles. The van der Waals surface area contributed by atoms with Crippen molar-refractivity contribution < 1.29 is 32.3 Å². The second kappa shape index (κ2) is 20.9. The molecule has 2 rings (SSSR count). The van der Waals surface area contributed by atoms with E-state index in [9.17, 15) is 4.79 Å². The number of ether oxygens (including phenoxy) is 3. The summed E-state index contributed by atoms with van der Waals surface area (Å²) in [5.74, 6) is -0.663. The molecule has 0 saturated heterocycles. The Morgan fingerprint density at radius 1 is 0.714 bits per heavy atom. The molecule has 0 N–H and O–H groups in total. The van der Waals surface area contributed by atoms with Crippen molar-refractivity contribution in [3.8, 4) is 0 Å². The molecule has 2 aromatic carbocycles. The largest absolute Gasteiger partial charge is 0.466 e. The van der Waals surface area contributed by atoms with Crippen molar-refractivity contribution in [2.24, 2.45) is 17.8 Å². The normalized spacial score (nSPS) is 17.0. The van der Waals surface area contributed by atoms with Crippen molar-refractivity contribution in [1.82, 2.24) is 0 Å². The van der Waals surface area contributed by atoms with Crippen LogP contribution in [0.3, 0.4) is 0 Å². The maximum absolute atomic E-state index is 13.0. The van der Waals surface area contributed by atoms with Crippen LogP contribution in [0.15, 0.2) is 72.8 Å². The average molecular weight is 829 g/mol. The molecule has 7 nitrogen and oxygen atoms in total. The van der Waals surface area contributed by atoms with Gasteiger partial charge < -0.3 is 27.5 Å². The molecular weight excluding hydrogens is 749 g/mol. The Hall–Kier alpha value is -1.90. The van der Waals surface area contributed by atoms with Gasteiger partial charge in [-0.2, -0.15) is 0 Å². The van der Waals surface area contributed by atoms with Crippen LogP contribution in [0, 0.1) is 17.8 Å². The molecule has 0 radical (unpaired) electrons. The Morgan fingerprint density at radius 3 is 1.62 bits per heavy atom. The molecule has 0 aliphatic heterocycles. The predicted octanol–water partition coefficient (Wildman–Crippen LogP) is 10.8. The van der Waals surface area contributed by atoms with Gasteiger partial charge in [0, 0.05) is 26.1 Å². The highest BCUT2D eigenvalue weighted by Gasteiger charge is 2.51. The third kappa shape index (κ3) is 13.3. The van der Waals surface area contributed by atoms with Crippen molar-refractivity contribution in [2.75, 3.05) is 27.1 Å². The fourth-order valence-corrected chi connectivity index (χ4v) is 14.2. The van der Waals surface area contributed by atoms with Gasteiger partial charge in [0.05, 0.1) is 30.8 Å². The molecule has 0 bridgehead atoms. The van der Waals surface area contributed by atoms with E-state index in [0.717, 1.165) is 0 Å². The van der Waals surface area contributed by atoms with Gasteiger partial charge in [0.15, 0.2) is 16.6 Å². The minimum absolute atomic E-state index is 0.0128. The lowest BCUT2D eigenvalue weighted by Gasteiger charge is -2.45. The summed E-state index contributed by atoms with van der Waals surface area (Å²) in [5, 5.41) is 2.42. The van der Waals surface area contributed by atoms with Crippen molar-refractivity contribution in [3.63, 3.8) is 0 Å². The summed E-state index contributed by atoms with van der Waals surface area (Å²) in [4.78, 5) is 13.0. The maximum atomic E-state index is 13.0. The van der Waals surface area contributed by atoms with Gasteiger partial charge in [-0.15, -0.1) is 0 Å². The summed E-state index contributed by atoms with van der Waals surface area (Å²) < 4.78 is 38.9. The molecule has 0 unspecified atom stereocenters. The van der Waals surface area contributed by atoms with Gasteiger partial charge in [0.25, 0.3) is 8.32 Å². The first-order valence-corrected chi connectivity index (χ1v) is 28.5. The molecule has 0 fully saturated rings. The number of rotatable bonds is 21. The van der Waals surface area contributed by atoms with Crippen LogP contribution < -0.4 is 10.4 Å². The maximum Gasteiger partial charge on any atom is 0.311 e. The summed E-state index contributed by atoms with van der Waals surface area (Å²) in [6.07, 6.45) is 4.09. The zero-order chi connectivity index (χ0) is 42.8. The van der Waals surface area contributed by atoms with E-state index in [1.165, 1.54) is 10.4 Å². The molecule has 10 heteroatoms. The Labute approximate surface area is 346 Å². The minimum Gasteiger partial charge on any atom is -0.466 e. The molecule has 0 heterocycles. The number of carbonyl (C=O) groups excluding carboxylic acids is 1. The van der Waals surface area contributed by atoms with Crippen molar-refractivity contribution in [2.45, 2.75) is 156 Å². The minimum atomic E-state index is -2.76. The monoisotopic (exact) mass is 829 g/mol. The molecule has 6 atom stereocenters. The van der Waals surface area contributed by atoms with Crippen LogP contribution >= 0.6 is 0 Å². The van der Waals surface area contributed by atoms with Crippen LogP contribution in [0.25, 0.3) is 0 Å². The first-order valence-electron chi connectivity index (χ1n) is 20.8. The van der Waals surface area contributed by atoms with Gasteiger partial charge in [-0.3, -0.25) is 4.79 Å². The highest BCUT2D eigenvalue weighted by atomic mass is 28.4. The molecule has 0 saturated carbocycles. The molecular formula is C46H80O7Si3. The van der Waals surface area contributed by atoms with Gasteiger partial charge in [0.2, 0.25) is 0 Å². The lowest BCUT2D eigenvalue weighted by atomic mass is 9.92. The average Bonchev–Trinajstić information content (AvgIpc) is 3.10. The Balaban J connectivity index is 2.65. The number of benzene rings is 2. The molecule has 2 aromatic rings. The van der Waals surface area contributed by atoms with E-state index < -0.39 is 37.0 Å². The third-order valence-electron chi connectivity index (χ3n) is 12.3. The molecule has 0 amide bonds. The van der Waals surface area contributed by atoms with Crippen LogP contribution in [-0.4, -0.2) is 76.3 Å². The second-order valence-electron chi connectivity index (χ2n) is 19.8. The fraction of sp³-hybridized carbons (Fsp3) is 0.674. The summed E-state index contributed by atoms with van der Waals surface area (Å²) >= 11 is 0. The smallest absolute Gasteiger partial charge is 0.311 e. The molecule has 0 spiro atoms. The summed E-state index contributed by atoms with van der Waals surface area (Å²) in [5.41, 5.74) is 0. The van der Waals surface area contributed by atoms with Crippen LogP contribution in [0.1, 0.15) is 96.4 Å².